The van der Waals surface area contributed by atoms with E-state index in [1.54, 1.807) is 24.3 Å². The van der Waals surface area contributed by atoms with Crippen LogP contribution >= 0.6 is 0 Å². The minimum absolute atomic E-state index is 0.0683. The number of carboxylic acids is 1. The van der Waals surface area contributed by atoms with Gasteiger partial charge in [0.25, 0.3) is 5.91 Å². The maximum Gasteiger partial charge on any atom is 0.344 e. The van der Waals surface area contributed by atoms with E-state index < -0.39 is 17.6 Å². The highest BCUT2D eigenvalue weighted by molar-refractivity contribution is 5.97. The number of amides is 1. The van der Waals surface area contributed by atoms with Crippen molar-refractivity contribution in [3.8, 4) is 0 Å². The topological polar surface area (TPSA) is 122 Å². The number of hydrogen-bond acceptors (Lipinski definition) is 5. The van der Waals surface area contributed by atoms with Crippen LogP contribution in [-0.4, -0.2) is 35.5 Å². The van der Waals surface area contributed by atoms with Crippen LogP contribution in [0.3, 0.4) is 0 Å². The Labute approximate surface area is 156 Å². The van der Waals surface area contributed by atoms with E-state index in [-0.39, 0.29) is 12.5 Å². The molecule has 2 rings (SSSR count). The number of nitrogens with one attached hydrogen (secondary N) is 2. The Bertz CT molecular complexity index is 828. The molecule has 1 atom stereocenters. The van der Waals surface area contributed by atoms with Crippen LogP contribution in [-0.2, 0) is 22.7 Å². The van der Waals surface area contributed by atoms with Gasteiger partial charge in [-0.2, -0.15) is 0 Å². The number of nitrogens with two attached hydrogens (primary N) is 1. The summed E-state index contributed by atoms with van der Waals surface area (Å²) in [6.07, 6.45) is 0. The number of carboxylic acid groups (broad SMARTS) is 1. The van der Waals surface area contributed by atoms with Gasteiger partial charge < -0.3 is 21.5 Å². The molecule has 0 radical (unpaired) electrons. The first-order valence-electron chi connectivity index (χ1n) is 8.38. The summed E-state index contributed by atoms with van der Waals surface area (Å²) in [5.74, 6) is -0.296. The van der Waals surface area contributed by atoms with E-state index in [1.165, 1.54) is 5.94 Å². The third-order valence-corrected chi connectivity index (χ3v) is 4.00. The second kappa shape index (κ2) is 10.0. The summed E-state index contributed by atoms with van der Waals surface area (Å²) >= 11 is 0. The van der Waals surface area contributed by atoms with Crippen molar-refractivity contribution < 1.29 is 19.5 Å². The van der Waals surface area contributed by atoms with Gasteiger partial charge in [-0.15, -0.1) is 0 Å². The molecule has 2 aromatic rings. The minimum atomic E-state index is -1.38. The monoisotopic (exact) mass is 367 g/mol. The molecule has 0 aliphatic carbocycles. The molecule has 0 aliphatic rings. The predicted octanol–water partition coefficient (Wildman–Crippen LogP) is 0.876. The zero-order valence-electron chi connectivity index (χ0n) is 14.6. The van der Waals surface area contributed by atoms with Crippen molar-refractivity contribution in [2.75, 3.05) is 6.54 Å². The molecule has 27 heavy (non-hydrogen) atoms. The molecule has 0 bridgehead atoms. The molecular weight excluding hydrogens is 346 g/mol. The molecule has 0 saturated heterocycles. The summed E-state index contributed by atoms with van der Waals surface area (Å²) in [5, 5.41) is 14.8. The fraction of sp³-hybridized carbons (Fsp3) is 0.200. The summed E-state index contributed by atoms with van der Waals surface area (Å²) in [6, 6.07) is 15.2. The normalized spacial score (nSPS) is 11.3. The van der Waals surface area contributed by atoms with Crippen molar-refractivity contribution in [1.29, 1.82) is 0 Å². The van der Waals surface area contributed by atoms with Crippen molar-refractivity contribution in [3.05, 3.63) is 76.9 Å². The van der Waals surface area contributed by atoms with Crippen LogP contribution in [0.25, 0.3) is 0 Å². The van der Waals surface area contributed by atoms with Gasteiger partial charge in [0, 0.05) is 25.2 Å². The summed E-state index contributed by atoms with van der Waals surface area (Å²) in [4.78, 5) is 34.7. The molecule has 140 valence electrons. The van der Waals surface area contributed by atoms with E-state index in [0.29, 0.717) is 18.7 Å². The van der Waals surface area contributed by atoms with Crippen molar-refractivity contribution >= 4 is 17.8 Å². The molecule has 1 amide bonds. The maximum atomic E-state index is 12.3. The van der Waals surface area contributed by atoms with Gasteiger partial charge in [0.1, 0.15) is 11.5 Å². The standard InChI is InChI=1S/C20H21N3O4/c21-10-14-6-8-16(9-7-14)19(25)23-12-18(17(13-24)20(26)27)22-11-15-4-2-1-3-5-15/h1-9,18,22H,10-12,21H2,(H,23,25)(H,26,27). The Morgan fingerprint density at radius 1 is 1.04 bits per heavy atom. The summed E-state index contributed by atoms with van der Waals surface area (Å²) in [7, 11) is 0. The maximum absolute atomic E-state index is 12.3. The molecule has 7 heteroatoms. The number of rotatable bonds is 9. The summed E-state index contributed by atoms with van der Waals surface area (Å²) < 4.78 is 0. The van der Waals surface area contributed by atoms with E-state index in [2.05, 4.69) is 10.6 Å². The van der Waals surface area contributed by atoms with Crippen LogP contribution in [0.5, 0.6) is 0 Å². The van der Waals surface area contributed by atoms with E-state index in [9.17, 15) is 19.5 Å². The smallest absolute Gasteiger partial charge is 0.344 e. The molecule has 0 spiro atoms. The minimum Gasteiger partial charge on any atom is -0.477 e. The first kappa shape index (κ1) is 20.1. The lowest BCUT2D eigenvalue weighted by atomic mass is 10.1. The molecule has 0 fully saturated rings. The Balaban J connectivity index is 2.05. The van der Waals surface area contributed by atoms with E-state index in [1.807, 2.05) is 30.3 Å². The van der Waals surface area contributed by atoms with E-state index in [4.69, 9.17) is 5.73 Å². The quantitative estimate of drug-likeness (QED) is 0.385. The average Bonchev–Trinajstić information content (AvgIpc) is 2.70. The van der Waals surface area contributed by atoms with Gasteiger partial charge >= 0.3 is 5.97 Å². The molecule has 0 aromatic heterocycles. The van der Waals surface area contributed by atoms with Crippen LogP contribution in [0.1, 0.15) is 21.5 Å². The molecule has 0 aliphatic heterocycles. The highest BCUT2D eigenvalue weighted by atomic mass is 16.4. The lowest BCUT2D eigenvalue weighted by Crippen LogP contribution is -2.43. The van der Waals surface area contributed by atoms with Crippen molar-refractivity contribution in [3.63, 3.8) is 0 Å². The molecule has 5 N–H and O–H groups in total. The van der Waals surface area contributed by atoms with Crippen molar-refractivity contribution in [2.24, 2.45) is 5.73 Å². The first-order valence-corrected chi connectivity index (χ1v) is 8.38. The Kier molecular flexibility index (Phi) is 7.46. The van der Waals surface area contributed by atoms with Gasteiger partial charge in [-0.1, -0.05) is 42.5 Å². The van der Waals surface area contributed by atoms with E-state index >= 15 is 0 Å². The number of benzene rings is 2. The largest absolute Gasteiger partial charge is 0.477 e. The molecule has 0 heterocycles. The zero-order valence-corrected chi connectivity index (χ0v) is 14.6. The number of hydrogen-bond donors (Lipinski definition) is 4. The second-order valence-corrected chi connectivity index (χ2v) is 5.85. The van der Waals surface area contributed by atoms with Gasteiger partial charge in [0.15, 0.2) is 0 Å². The Morgan fingerprint density at radius 3 is 2.26 bits per heavy atom. The predicted molar refractivity (Wildman–Crippen MR) is 101 cm³/mol. The second-order valence-electron chi connectivity index (χ2n) is 5.85. The van der Waals surface area contributed by atoms with Crippen LogP contribution in [0.2, 0.25) is 0 Å². The molecule has 2 aromatic carbocycles. The Morgan fingerprint density at radius 2 is 1.70 bits per heavy atom. The highest BCUT2D eigenvalue weighted by Crippen LogP contribution is 2.06. The SMILES string of the molecule is NCc1ccc(C(=O)NCC(NCc2ccccc2)C(=C=O)C(=O)O)cc1. The van der Waals surface area contributed by atoms with Crippen molar-refractivity contribution in [2.45, 2.75) is 19.1 Å². The van der Waals surface area contributed by atoms with E-state index in [0.717, 1.165) is 11.1 Å². The van der Waals surface area contributed by atoms with Gasteiger partial charge in [-0.25, -0.2) is 9.59 Å². The number of carbonyl (C=O) groups is 2. The van der Waals surface area contributed by atoms with Gasteiger partial charge in [0.2, 0.25) is 0 Å². The first-order chi connectivity index (χ1) is 13.0. The van der Waals surface area contributed by atoms with Crippen molar-refractivity contribution in [1.82, 2.24) is 10.6 Å². The van der Waals surface area contributed by atoms with Crippen LogP contribution < -0.4 is 16.4 Å². The molecule has 1 unspecified atom stereocenters. The zero-order chi connectivity index (χ0) is 19.6. The average molecular weight is 367 g/mol. The van der Waals surface area contributed by atoms with Gasteiger partial charge in [-0.05, 0) is 23.3 Å². The number of aliphatic carboxylic acids is 1. The lowest BCUT2D eigenvalue weighted by Gasteiger charge is -2.18. The highest BCUT2D eigenvalue weighted by Gasteiger charge is 2.22. The van der Waals surface area contributed by atoms with Gasteiger partial charge in [0.05, 0.1) is 6.04 Å². The van der Waals surface area contributed by atoms with Crippen LogP contribution in [0, 0.1) is 0 Å². The summed E-state index contributed by atoms with van der Waals surface area (Å²) in [6.45, 7) is 0.645. The fourth-order valence-corrected chi connectivity index (χ4v) is 2.47. The van der Waals surface area contributed by atoms with Gasteiger partial charge in [-0.3, -0.25) is 4.79 Å². The molecule has 0 saturated carbocycles. The third kappa shape index (κ3) is 5.90. The van der Waals surface area contributed by atoms with Crippen LogP contribution in [0.15, 0.2) is 60.2 Å². The summed E-state index contributed by atoms with van der Waals surface area (Å²) in [5.41, 5.74) is 7.29. The van der Waals surface area contributed by atoms with Crippen LogP contribution in [0.4, 0.5) is 0 Å². The third-order valence-electron chi connectivity index (χ3n) is 4.00. The Hall–Kier alpha value is -3.25. The molecule has 7 nitrogen and oxygen atoms in total. The molecular formula is C20H21N3O4. The lowest BCUT2D eigenvalue weighted by molar-refractivity contribution is -0.132. The number of carbonyl (C=O) groups excluding carboxylic acids is 2. The fourth-order valence-electron chi connectivity index (χ4n) is 2.47.